The fourth-order valence-electron chi connectivity index (χ4n) is 2.41. The minimum Gasteiger partial charge on any atom is -0.472 e. The molecule has 0 atom stereocenters. The van der Waals surface area contributed by atoms with E-state index in [1.165, 1.54) is 11.3 Å². The Balaban J connectivity index is 1.85. The zero-order valence-electron chi connectivity index (χ0n) is 13.0. The molecule has 0 amide bonds. The van der Waals surface area contributed by atoms with Crippen molar-refractivity contribution in [1.82, 2.24) is 10.1 Å². The molecule has 0 aliphatic heterocycles. The molecule has 0 fully saturated rings. The van der Waals surface area contributed by atoms with E-state index in [9.17, 15) is 0 Å². The van der Waals surface area contributed by atoms with Gasteiger partial charge in [0.2, 0.25) is 11.7 Å². The van der Waals surface area contributed by atoms with Crippen LogP contribution in [0.1, 0.15) is 25.3 Å². The number of hydrogen-bond donors (Lipinski definition) is 0. The summed E-state index contributed by atoms with van der Waals surface area (Å²) in [6.07, 6.45) is 3.20. The van der Waals surface area contributed by atoms with Crippen LogP contribution in [0.25, 0.3) is 11.4 Å². The van der Waals surface area contributed by atoms with Crippen LogP contribution in [0.5, 0.6) is 0 Å². The van der Waals surface area contributed by atoms with Crippen LogP contribution in [0, 0.1) is 6.92 Å². The van der Waals surface area contributed by atoms with Crippen molar-refractivity contribution in [2.45, 2.75) is 33.4 Å². The molecule has 2 aromatic heterocycles. The summed E-state index contributed by atoms with van der Waals surface area (Å²) in [7, 11) is 0. The molecule has 2 heterocycles. The molecule has 114 valence electrons. The normalized spacial score (nSPS) is 11.1. The van der Waals surface area contributed by atoms with Crippen molar-refractivity contribution >= 4 is 5.69 Å². The topological polar surface area (TPSA) is 55.3 Å². The smallest absolute Gasteiger partial charge is 0.246 e. The lowest BCUT2D eigenvalue weighted by molar-refractivity contribution is 0.373. The second-order valence-corrected chi connectivity index (χ2v) is 5.53. The Bertz CT molecular complexity index is 732. The van der Waals surface area contributed by atoms with Crippen molar-refractivity contribution in [3.8, 4) is 11.4 Å². The van der Waals surface area contributed by atoms with Crippen LogP contribution in [-0.2, 0) is 6.54 Å². The summed E-state index contributed by atoms with van der Waals surface area (Å²) < 4.78 is 10.4. The van der Waals surface area contributed by atoms with Gasteiger partial charge in [-0.1, -0.05) is 23.4 Å². The van der Waals surface area contributed by atoms with E-state index in [0.29, 0.717) is 24.3 Å². The van der Waals surface area contributed by atoms with Gasteiger partial charge in [-0.25, -0.2) is 0 Å². The average molecular weight is 297 g/mol. The third-order valence-corrected chi connectivity index (χ3v) is 3.60. The molecule has 0 saturated carbocycles. The minimum absolute atomic E-state index is 0.324. The zero-order valence-corrected chi connectivity index (χ0v) is 13.0. The molecule has 5 nitrogen and oxygen atoms in total. The molecule has 5 heteroatoms. The van der Waals surface area contributed by atoms with E-state index in [2.05, 4.69) is 47.9 Å². The van der Waals surface area contributed by atoms with E-state index in [0.717, 1.165) is 5.56 Å². The second kappa shape index (κ2) is 6.05. The van der Waals surface area contributed by atoms with E-state index >= 15 is 0 Å². The SMILES string of the molecule is Cc1ccccc1N(Cc1nc(-c2ccoc2)no1)C(C)C. The molecule has 0 aliphatic rings. The fraction of sp³-hybridized carbons (Fsp3) is 0.294. The van der Waals surface area contributed by atoms with Crippen LogP contribution in [0.3, 0.4) is 0 Å². The number of furan rings is 1. The molecule has 22 heavy (non-hydrogen) atoms. The van der Waals surface area contributed by atoms with Crippen LogP contribution in [0.15, 0.2) is 51.8 Å². The number of benzene rings is 1. The number of aromatic nitrogens is 2. The largest absolute Gasteiger partial charge is 0.472 e. The lowest BCUT2D eigenvalue weighted by Gasteiger charge is -2.28. The molecule has 0 radical (unpaired) electrons. The highest BCUT2D eigenvalue weighted by Gasteiger charge is 2.17. The van der Waals surface area contributed by atoms with Crippen LogP contribution in [-0.4, -0.2) is 16.2 Å². The first-order valence-electron chi connectivity index (χ1n) is 7.32. The number of nitrogens with zero attached hydrogens (tertiary/aromatic N) is 3. The fourth-order valence-corrected chi connectivity index (χ4v) is 2.41. The van der Waals surface area contributed by atoms with Crippen LogP contribution >= 0.6 is 0 Å². The Labute approximate surface area is 129 Å². The van der Waals surface area contributed by atoms with Gasteiger partial charge in [0.05, 0.1) is 18.4 Å². The summed E-state index contributed by atoms with van der Waals surface area (Å²) in [5.41, 5.74) is 3.23. The van der Waals surface area contributed by atoms with E-state index in [4.69, 9.17) is 8.94 Å². The van der Waals surface area contributed by atoms with Gasteiger partial charge in [-0.3, -0.25) is 0 Å². The molecular weight excluding hydrogens is 278 g/mol. The Kier molecular flexibility index (Phi) is 3.96. The Morgan fingerprint density at radius 1 is 1.18 bits per heavy atom. The standard InChI is InChI=1S/C17H19N3O2/c1-12(2)20(15-7-5-4-6-13(15)3)10-16-18-17(19-22-16)14-8-9-21-11-14/h4-9,11-12H,10H2,1-3H3. The number of para-hydroxylation sites is 1. The minimum atomic E-state index is 0.324. The number of anilines is 1. The van der Waals surface area contributed by atoms with Gasteiger partial charge in [0.25, 0.3) is 0 Å². The maximum Gasteiger partial charge on any atom is 0.246 e. The highest BCUT2D eigenvalue weighted by atomic mass is 16.5. The Morgan fingerprint density at radius 3 is 2.68 bits per heavy atom. The van der Waals surface area contributed by atoms with Gasteiger partial charge in [-0.2, -0.15) is 4.98 Å². The van der Waals surface area contributed by atoms with Crippen molar-refractivity contribution in [2.75, 3.05) is 4.90 Å². The van der Waals surface area contributed by atoms with Crippen LogP contribution in [0.2, 0.25) is 0 Å². The molecule has 0 unspecified atom stereocenters. The summed E-state index contributed by atoms with van der Waals surface area (Å²) in [6, 6.07) is 10.4. The first kappa shape index (κ1) is 14.4. The first-order chi connectivity index (χ1) is 10.6. The highest BCUT2D eigenvalue weighted by Crippen LogP contribution is 2.24. The van der Waals surface area contributed by atoms with Gasteiger partial charge in [0.15, 0.2) is 0 Å². The molecular formula is C17H19N3O2. The third-order valence-electron chi connectivity index (χ3n) is 3.60. The monoisotopic (exact) mass is 297 g/mol. The van der Waals surface area contributed by atoms with Crippen molar-refractivity contribution in [2.24, 2.45) is 0 Å². The van der Waals surface area contributed by atoms with Crippen LogP contribution in [0.4, 0.5) is 5.69 Å². The predicted octanol–water partition coefficient (Wildman–Crippen LogP) is 4.05. The zero-order chi connectivity index (χ0) is 15.5. The van der Waals surface area contributed by atoms with E-state index in [1.807, 2.05) is 18.2 Å². The number of hydrogen-bond acceptors (Lipinski definition) is 5. The van der Waals surface area contributed by atoms with Crippen molar-refractivity contribution in [3.63, 3.8) is 0 Å². The van der Waals surface area contributed by atoms with Gasteiger partial charge < -0.3 is 13.8 Å². The van der Waals surface area contributed by atoms with Crippen molar-refractivity contribution in [3.05, 3.63) is 54.3 Å². The Hall–Kier alpha value is -2.56. The van der Waals surface area contributed by atoms with Gasteiger partial charge in [-0.15, -0.1) is 0 Å². The van der Waals surface area contributed by atoms with Gasteiger partial charge in [0.1, 0.15) is 6.26 Å². The van der Waals surface area contributed by atoms with Gasteiger partial charge in [0, 0.05) is 11.7 Å². The van der Waals surface area contributed by atoms with E-state index < -0.39 is 0 Å². The Morgan fingerprint density at radius 2 is 2.00 bits per heavy atom. The van der Waals surface area contributed by atoms with Gasteiger partial charge in [-0.05, 0) is 38.5 Å². The average Bonchev–Trinajstić information content (AvgIpc) is 3.16. The van der Waals surface area contributed by atoms with Crippen LogP contribution < -0.4 is 4.90 Å². The maximum atomic E-state index is 5.39. The molecule has 0 spiro atoms. The lowest BCUT2D eigenvalue weighted by atomic mass is 10.1. The van der Waals surface area contributed by atoms with E-state index in [-0.39, 0.29) is 0 Å². The summed E-state index contributed by atoms with van der Waals surface area (Å²) in [5.74, 6) is 1.14. The van der Waals surface area contributed by atoms with Crippen molar-refractivity contribution < 1.29 is 8.94 Å². The highest BCUT2D eigenvalue weighted by molar-refractivity contribution is 5.54. The molecule has 0 bridgehead atoms. The quantitative estimate of drug-likeness (QED) is 0.711. The number of aryl methyl sites for hydroxylation is 1. The maximum absolute atomic E-state index is 5.39. The second-order valence-electron chi connectivity index (χ2n) is 5.53. The molecule has 0 saturated heterocycles. The van der Waals surface area contributed by atoms with Gasteiger partial charge >= 0.3 is 0 Å². The van der Waals surface area contributed by atoms with E-state index in [1.54, 1.807) is 12.5 Å². The number of rotatable bonds is 5. The summed E-state index contributed by atoms with van der Waals surface area (Å²) in [4.78, 5) is 6.70. The van der Waals surface area contributed by atoms with Crippen molar-refractivity contribution in [1.29, 1.82) is 0 Å². The molecule has 3 aromatic rings. The summed E-state index contributed by atoms with van der Waals surface area (Å²) in [6.45, 7) is 6.99. The third kappa shape index (κ3) is 2.88. The lowest BCUT2D eigenvalue weighted by Crippen LogP contribution is -2.30. The summed E-state index contributed by atoms with van der Waals surface area (Å²) in [5, 5.41) is 4.01. The molecule has 3 rings (SSSR count). The molecule has 1 aromatic carbocycles. The first-order valence-corrected chi connectivity index (χ1v) is 7.32. The predicted molar refractivity (Wildman–Crippen MR) is 84.5 cm³/mol. The summed E-state index contributed by atoms with van der Waals surface area (Å²) >= 11 is 0. The molecule has 0 aliphatic carbocycles. The molecule has 0 N–H and O–H groups in total.